The van der Waals surface area contributed by atoms with Gasteiger partial charge in [0, 0.05) is 32.2 Å². The highest BCUT2D eigenvalue weighted by atomic mass is 15.4. The lowest BCUT2D eigenvalue weighted by molar-refractivity contribution is 0.954. The van der Waals surface area contributed by atoms with E-state index in [0.29, 0.717) is 24.0 Å². The number of benzene rings is 1. The lowest BCUT2D eigenvalue weighted by Gasteiger charge is -2.14. The molecule has 4 aromatic rings. The number of hydrogen-bond donors (Lipinski definition) is 5. The molecular formula is C21H23N9. The summed E-state index contributed by atoms with van der Waals surface area (Å²) in [6.07, 6.45) is 5.20. The fourth-order valence-corrected chi connectivity index (χ4v) is 2.97. The molecule has 3 aromatic heterocycles. The third kappa shape index (κ3) is 4.53. The van der Waals surface area contributed by atoms with Crippen molar-refractivity contribution in [3.63, 3.8) is 0 Å². The number of aromatic nitrogens is 4. The van der Waals surface area contributed by atoms with E-state index < -0.39 is 0 Å². The van der Waals surface area contributed by atoms with E-state index in [-0.39, 0.29) is 0 Å². The van der Waals surface area contributed by atoms with E-state index in [1.54, 1.807) is 25.6 Å². The van der Waals surface area contributed by atoms with Gasteiger partial charge in [-0.25, -0.2) is 20.4 Å². The zero-order valence-electron chi connectivity index (χ0n) is 16.8. The Morgan fingerprint density at radius 1 is 0.867 bits per heavy atom. The molecule has 0 amide bonds. The third-order valence-electron chi connectivity index (χ3n) is 4.44. The van der Waals surface area contributed by atoms with Crippen molar-refractivity contribution in [2.45, 2.75) is 6.54 Å². The van der Waals surface area contributed by atoms with Crippen LogP contribution >= 0.6 is 0 Å². The summed E-state index contributed by atoms with van der Waals surface area (Å²) in [5, 5.41) is 10.7. The third-order valence-corrected chi connectivity index (χ3v) is 4.44. The molecule has 0 aliphatic rings. The van der Waals surface area contributed by atoms with Crippen LogP contribution in [0.15, 0.2) is 61.1 Å². The van der Waals surface area contributed by atoms with E-state index in [9.17, 15) is 0 Å². The van der Waals surface area contributed by atoms with Crippen molar-refractivity contribution >= 4 is 39.9 Å². The summed E-state index contributed by atoms with van der Waals surface area (Å²) in [6, 6.07) is 14.0. The van der Waals surface area contributed by atoms with Gasteiger partial charge >= 0.3 is 0 Å². The molecule has 9 heteroatoms. The second kappa shape index (κ2) is 9.01. The van der Waals surface area contributed by atoms with Gasteiger partial charge in [-0.15, -0.1) is 0 Å². The van der Waals surface area contributed by atoms with Gasteiger partial charge in [0.15, 0.2) is 17.5 Å². The summed E-state index contributed by atoms with van der Waals surface area (Å²) >= 11 is 0. The Bertz CT molecular complexity index is 1130. The predicted octanol–water partition coefficient (Wildman–Crippen LogP) is 3.36. The molecule has 0 saturated heterocycles. The maximum atomic E-state index is 4.66. The molecule has 1 aromatic carbocycles. The Balaban J connectivity index is 1.52. The monoisotopic (exact) mass is 401 g/mol. The van der Waals surface area contributed by atoms with Gasteiger partial charge in [-0.1, -0.05) is 12.1 Å². The number of rotatable bonds is 8. The molecule has 0 saturated carbocycles. The van der Waals surface area contributed by atoms with Crippen LogP contribution in [0.5, 0.6) is 0 Å². The maximum absolute atomic E-state index is 4.66. The van der Waals surface area contributed by atoms with Crippen LogP contribution in [0.25, 0.3) is 10.9 Å². The molecule has 0 radical (unpaired) electrons. The molecule has 9 nitrogen and oxygen atoms in total. The first-order valence-corrected chi connectivity index (χ1v) is 9.53. The first kappa shape index (κ1) is 19.3. The highest BCUT2D eigenvalue weighted by Crippen LogP contribution is 2.22. The molecule has 3 heterocycles. The maximum Gasteiger partial charge on any atom is 0.183 e. The summed E-state index contributed by atoms with van der Waals surface area (Å²) in [5.41, 5.74) is 8.82. The molecule has 0 aliphatic carbocycles. The van der Waals surface area contributed by atoms with E-state index in [2.05, 4.69) is 64.9 Å². The first-order chi connectivity index (χ1) is 14.7. The summed E-state index contributed by atoms with van der Waals surface area (Å²) in [5.74, 6) is 2.64. The Kier molecular flexibility index (Phi) is 5.81. The number of hydrazine groups is 1. The van der Waals surface area contributed by atoms with Gasteiger partial charge in [-0.2, -0.15) is 0 Å². The molecule has 4 rings (SSSR count). The van der Waals surface area contributed by atoms with Crippen molar-refractivity contribution < 1.29 is 0 Å². The van der Waals surface area contributed by atoms with Crippen LogP contribution < -0.4 is 26.8 Å². The van der Waals surface area contributed by atoms with Crippen molar-refractivity contribution in [2.24, 2.45) is 0 Å². The molecule has 0 spiro atoms. The number of nitrogens with zero attached hydrogens (tertiary/aromatic N) is 4. The molecule has 0 unspecified atom stereocenters. The minimum Gasteiger partial charge on any atom is -0.373 e. The van der Waals surface area contributed by atoms with Gasteiger partial charge in [0.2, 0.25) is 0 Å². The van der Waals surface area contributed by atoms with Crippen LogP contribution in [-0.4, -0.2) is 34.0 Å². The molecule has 0 bridgehead atoms. The van der Waals surface area contributed by atoms with Gasteiger partial charge in [-0.3, -0.25) is 4.98 Å². The van der Waals surface area contributed by atoms with Crippen LogP contribution in [0, 0.1) is 0 Å². The van der Waals surface area contributed by atoms with E-state index in [1.807, 2.05) is 31.3 Å². The lowest BCUT2D eigenvalue weighted by atomic mass is 10.1. The second-order valence-corrected chi connectivity index (χ2v) is 6.52. The molecule has 0 aliphatic heterocycles. The van der Waals surface area contributed by atoms with Gasteiger partial charge < -0.3 is 21.4 Å². The van der Waals surface area contributed by atoms with Crippen LogP contribution in [-0.2, 0) is 6.54 Å². The van der Waals surface area contributed by atoms with Crippen LogP contribution in [0.3, 0.4) is 0 Å². The van der Waals surface area contributed by atoms with Gasteiger partial charge in [0.1, 0.15) is 5.82 Å². The van der Waals surface area contributed by atoms with Gasteiger partial charge in [-0.05, 0) is 35.9 Å². The smallest absolute Gasteiger partial charge is 0.183 e. The Morgan fingerprint density at radius 3 is 2.60 bits per heavy atom. The summed E-state index contributed by atoms with van der Waals surface area (Å²) in [6.45, 7) is 0.597. The predicted molar refractivity (Wildman–Crippen MR) is 121 cm³/mol. The Morgan fingerprint density at radius 2 is 1.80 bits per heavy atom. The van der Waals surface area contributed by atoms with Crippen molar-refractivity contribution in [1.82, 2.24) is 25.4 Å². The fraction of sp³-hybridized carbons (Fsp3) is 0.143. The Labute approximate surface area is 174 Å². The normalized spacial score (nSPS) is 10.6. The quantitative estimate of drug-likeness (QED) is 0.284. The average molecular weight is 401 g/mol. The largest absolute Gasteiger partial charge is 0.373 e. The van der Waals surface area contributed by atoms with Crippen molar-refractivity contribution in [3.05, 3.63) is 66.6 Å². The molecule has 0 atom stereocenters. The van der Waals surface area contributed by atoms with E-state index >= 15 is 0 Å². The molecule has 5 N–H and O–H groups in total. The SMILES string of the molecule is CNNc1ncc(Nc2ccc(NC)nc2)nc1NCc1ccc2ncccc2c1. The topological polar surface area (TPSA) is 112 Å². The lowest BCUT2D eigenvalue weighted by Crippen LogP contribution is -2.18. The zero-order chi connectivity index (χ0) is 20.8. The number of nitrogens with one attached hydrogen (secondary N) is 5. The number of pyridine rings is 2. The van der Waals surface area contributed by atoms with Gasteiger partial charge in [0.05, 0.1) is 23.6 Å². The van der Waals surface area contributed by atoms with Gasteiger partial charge in [0.25, 0.3) is 0 Å². The van der Waals surface area contributed by atoms with Crippen LogP contribution in [0.4, 0.5) is 29.0 Å². The van der Waals surface area contributed by atoms with E-state index in [1.165, 1.54) is 0 Å². The average Bonchev–Trinajstić information content (AvgIpc) is 2.79. The summed E-state index contributed by atoms with van der Waals surface area (Å²) in [4.78, 5) is 17.8. The zero-order valence-corrected chi connectivity index (χ0v) is 16.8. The van der Waals surface area contributed by atoms with Crippen LogP contribution in [0.2, 0.25) is 0 Å². The summed E-state index contributed by atoms with van der Waals surface area (Å²) in [7, 11) is 3.61. The second-order valence-electron chi connectivity index (χ2n) is 6.52. The molecular weight excluding hydrogens is 378 g/mol. The number of hydrogen-bond acceptors (Lipinski definition) is 9. The molecule has 152 valence electrons. The number of fused-ring (bicyclic) bond motifs is 1. The standard InChI is InChI=1S/C21H23N9/c1-22-18-8-6-16(12-25-18)28-19-13-27-21(30-23-2)20(29-19)26-11-14-5-7-17-15(10-14)4-3-9-24-17/h3-10,12-13,23H,11H2,1-2H3,(H,22,25)(H,27,30)(H2,26,28,29). The van der Waals surface area contributed by atoms with E-state index in [0.717, 1.165) is 28.0 Å². The minimum absolute atomic E-state index is 0.597. The first-order valence-electron chi connectivity index (χ1n) is 9.53. The Hall–Kier alpha value is -3.98. The minimum atomic E-state index is 0.597. The molecule has 30 heavy (non-hydrogen) atoms. The van der Waals surface area contributed by atoms with Crippen LogP contribution in [0.1, 0.15) is 5.56 Å². The fourth-order valence-electron chi connectivity index (χ4n) is 2.97. The highest BCUT2D eigenvalue weighted by Gasteiger charge is 2.08. The van der Waals surface area contributed by atoms with Crippen molar-refractivity contribution in [1.29, 1.82) is 0 Å². The highest BCUT2D eigenvalue weighted by molar-refractivity contribution is 5.79. The van der Waals surface area contributed by atoms with E-state index in [4.69, 9.17) is 0 Å². The number of anilines is 5. The summed E-state index contributed by atoms with van der Waals surface area (Å²) < 4.78 is 0. The van der Waals surface area contributed by atoms with Crippen molar-refractivity contribution in [3.8, 4) is 0 Å². The van der Waals surface area contributed by atoms with Crippen molar-refractivity contribution in [2.75, 3.05) is 35.5 Å². The molecule has 0 fully saturated rings.